The van der Waals surface area contributed by atoms with Gasteiger partial charge in [0.05, 0.1) is 13.3 Å². The third-order valence-corrected chi connectivity index (χ3v) is 1.70. The monoisotopic (exact) mass is 259 g/mol. The Morgan fingerprint density at radius 2 is 1.94 bits per heavy atom. The summed E-state index contributed by atoms with van der Waals surface area (Å²) in [5, 5.41) is 0. The highest BCUT2D eigenvalue weighted by molar-refractivity contribution is 5.34. The van der Waals surface area contributed by atoms with Gasteiger partial charge in [0.15, 0.2) is 5.75 Å². The summed E-state index contributed by atoms with van der Waals surface area (Å²) in [7, 11) is 0.988. The first kappa shape index (κ1) is 13.3. The minimum atomic E-state index is -5.14. The Labute approximate surface area is 91.0 Å². The van der Waals surface area contributed by atoms with Gasteiger partial charge in [0.25, 0.3) is 6.43 Å². The van der Waals surface area contributed by atoms with Gasteiger partial charge < -0.3 is 14.5 Å². The molecule has 0 aromatic carbocycles. The highest BCUT2D eigenvalue weighted by Crippen LogP contribution is 2.27. The summed E-state index contributed by atoms with van der Waals surface area (Å²) in [5.41, 5.74) is -2.79. The molecule has 0 aliphatic rings. The molecule has 0 aliphatic heterocycles. The Balaban J connectivity index is 3.29. The number of hydrogen-bond acceptors (Lipinski definition) is 3. The lowest BCUT2D eigenvalue weighted by atomic mass is 10.2. The number of H-pyrrole nitrogens is 1. The highest BCUT2D eigenvalue weighted by atomic mass is 19.4. The first-order valence-electron chi connectivity index (χ1n) is 4.09. The van der Waals surface area contributed by atoms with Crippen molar-refractivity contribution in [2.24, 2.45) is 0 Å². The van der Waals surface area contributed by atoms with E-state index in [0.29, 0.717) is 6.20 Å². The minimum absolute atomic E-state index is 0.501. The van der Waals surface area contributed by atoms with E-state index in [1.807, 2.05) is 4.98 Å². The molecule has 0 saturated carbocycles. The van der Waals surface area contributed by atoms with Gasteiger partial charge in [-0.25, -0.2) is 8.78 Å². The van der Waals surface area contributed by atoms with Crippen molar-refractivity contribution < 1.29 is 31.4 Å². The largest absolute Gasteiger partial charge is 0.573 e. The minimum Gasteiger partial charge on any atom is -0.482 e. The SMILES string of the molecule is COc1[nH]cc(OC(F)(F)F)c(=O)c1C(F)F. The van der Waals surface area contributed by atoms with Crippen LogP contribution in [0.3, 0.4) is 0 Å². The summed E-state index contributed by atoms with van der Waals surface area (Å²) >= 11 is 0. The van der Waals surface area contributed by atoms with Crippen LogP contribution in [0.1, 0.15) is 12.0 Å². The summed E-state index contributed by atoms with van der Waals surface area (Å²) in [5.74, 6) is -1.88. The molecule has 0 unspecified atom stereocenters. The molecule has 0 atom stereocenters. The number of nitrogens with one attached hydrogen (secondary N) is 1. The molecule has 0 aliphatic carbocycles. The Morgan fingerprint density at radius 3 is 2.35 bits per heavy atom. The maximum absolute atomic E-state index is 12.5. The lowest BCUT2D eigenvalue weighted by Gasteiger charge is -2.11. The van der Waals surface area contributed by atoms with E-state index < -0.39 is 35.4 Å². The van der Waals surface area contributed by atoms with Crippen LogP contribution in [0.15, 0.2) is 11.0 Å². The fraction of sp³-hybridized carbons (Fsp3) is 0.375. The van der Waals surface area contributed by atoms with Crippen molar-refractivity contribution in [3.05, 3.63) is 22.0 Å². The van der Waals surface area contributed by atoms with Crippen LogP contribution in [0.4, 0.5) is 22.0 Å². The predicted octanol–water partition coefficient (Wildman–Crippen LogP) is 2.22. The van der Waals surface area contributed by atoms with Crippen LogP contribution in [0.2, 0.25) is 0 Å². The Morgan fingerprint density at radius 1 is 1.35 bits per heavy atom. The standard InChI is InChI=1S/C8H6F5NO3/c1-16-7-4(6(9)10)5(15)3(2-14-7)17-8(11,12)13/h2,6H,1H3,(H,14,15). The molecule has 1 heterocycles. The van der Waals surface area contributed by atoms with Gasteiger partial charge in [0.2, 0.25) is 11.3 Å². The fourth-order valence-corrected chi connectivity index (χ4v) is 1.08. The molecule has 4 nitrogen and oxygen atoms in total. The third-order valence-electron chi connectivity index (χ3n) is 1.70. The molecule has 9 heteroatoms. The molecule has 0 spiro atoms. The van der Waals surface area contributed by atoms with Gasteiger partial charge in [0, 0.05) is 0 Å². The van der Waals surface area contributed by atoms with Gasteiger partial charge >= 0.3 is 6.36 Å². The molecule has 0 bridgehead atoms. The summed E-state index contributed by atoms with van der Waals surface area (Å²) in [4.78, 5) is 13.2. The fourth-order valence-electron chi connectivity index (χ4n) is 1.08. The summed E-state index contributed by atoms with van der Waals surface area (Å²) in [6.07, 6.45) is -7.92. The Kier molecular flexibility index (Phi) is 3.59. The number of methoxy groups -OCH3 is 1. The second-order valence-electron chi connectivity index (χ2n) is 2.78. The zero-order valence-corrected chi connectivity index (χ0v) is 8.27. The number of pyridine rings is 1. The maximum atomic E-state index is 12.5. The summed E-state index contributed by atoms with van der Waals surface area (Å²) < 4.78 is 68.1. The number of aromatic amines is 1. The van der Waals surface area contributed by atoms with E-state index in [1.54, 1.807) is 0 Å². The number of ether oxygens (including phenoxy) is 2. The lowest BCUT2D eigenvalue weighted by Crippen LogP contribution is -2.24. The Hall–Kier alpha value is -1.80. The molecule has 1 N–H and O–H groups in total. The first-order chi connectivity index (χ1) is 7.76. The molecule has 0 fully saturated rings. The van der Waals surface area contributed by atoms with Gasteiger partial charge in [-0.05, 0) is 0 Å². The van der Waals surface area contributed by atoms with E-state index in [0.717, 1.165) is 7.11 Å². The quantitative estimate of drug-likeness (QED) is 0.847. The predicted molar refractivity (Wildman–Crippen MR) is 45.3 cm³/mol. The van der Waals surface area contributed by atoms with E-state index in [1.165, 1.54) is 0 Å². The number of halogens is 5. The molecule has 1 aromatic rings. The van der Waals surface area contributed by atoms with Gasteiger partial charge in [0.1, 0.15) is 5.56 Å². The van der Waals surface area contributed by atoms with Gasteiger partial charge in [-0.3, -0.25) is 4.79 Å². The van der Waals surface area contributed by atoms with Crippen LogP contribution in [-0.4, -0.2) is 18.5 Å². The molecule has 0 amide bonds. The van der Waals surface area contributed by atoms with E-state index in [2.05, 4.69) is 9.47 Å². The number of aromatic nitrogens is 1. The summed E-state index contributed by atoms with van der Waals surface area (Å²) in [6.45, 7) is 0. The number of rotatable bonds is 3. The van der Waals surface area contributed by atoms with E-state index >= 15 is 0 Å². The van der Waals surface area contributed by atoms with Gasteiger partial charge in [-0.2, -0.15) is 0 Å². The maximum Gasteiger partial charge on any atom is 0.573 e. The smallest absolute Gasteiger partial charge is 0.482 e. The Bertz CT molecular complexity index is 453. The molecule has 0 radical (unpaired) electrons. The topological polar surface area (TPSA) is 51.3 Å². The van der Waals surface area contributed by atoms with Crippen molar-refractivity contribution in [1.29, 1.82) is 0 Å². The van der Waals surface area contributed by atoms with E-state index in [-0.39, 0.29) is 0 Å². The van der Waals surface area contributed by atoms with Gasteiger partial charge in [-0.15, -0.1) is 13.2 Å². The van der Waals surface area contributed by atoms with Crippen LogP contribution in [-0.2, 0) is 0 Å². The van der Waals surface area contributed by atoms with Crippen molar-refractivity contribution in [2.75, 3.05) is 7.11 Å². The number of hydrogen-bond donors (Lipinski definition) is 1. The van der Waals surface area contributed by atoms with E-state index in [9.17, 15) is 26.7 Å². The molecule has 0 saturated heterocycles. The zero-order valence-electron chi connectivity index (χ0n) is 8.27. The highest BCUT2D eigenvalue weighted by Gasteiger charge is 2.34. The lowest BCUT2D eigenvalue weighted by molar-refractivity contribution is -0.275. The van der Waals surface area contributed by atoms with Crippen molar-refractivity contribution in [1.82, 2.24) is 4.98 Å². The third kappa shape index (κ3) is 3.08. The van der Waals surface area contributed by atoms with Crippen LogP contribution >= 0.6 is 0 Å². The summed E-state index contributed by atoms with van der Waals surface area (Å²) in [6, 6.07) is 0. The molecular formula is C8H6F5NO3. The second-order valence-corrected chi connectivity index (χ2v) is 2.78. The van der Waals surface area contributed by atoms with Crippen molar-refractivity contribution in [3.63, 3.8) is 0 Å². The van der Waals surface area contributed by atoms with Crippen LogP contribution in [0, 0.1) is 0 Å². The zero-order chi connectivity index (χ0) is 13.2. The van der Waals surface area contributed by atoms with Gasteiger partial charge in [-0.1, -0.05) is 0 Å². The average molecular weight is 259 g/mol. The molecule has 1 rings (SSSR count). The molecular weight excluding hydrogens is 253 g/mol. The first-order valence-corrected chi connectivity index (χ1v) is 4.09. The normalized spacial score (nSPS) is 11.7. The number of alkyl halides is 5. The van der Waals surface area contributed by atoms with Crippen LogP contribution < -0.4 is 14.9 Å². The second kappa shape index (κ2) is 4.60. The molecule has 17 heavy (non-hydrogen) atoms. The van der Waals surface area contributed by atoms with E-state index in [4.69, 9.17) is 0 Å². The average Bonchev–Trinajstić information content (AvgIpc) is 2.18. The van der Waals surface area contributed by atoms with Crippen molar-refractivity contribution in [2.45, 2.75) is 12.8 Å². The van der Waals surface area contributed by atoms with Crippen LogP contribution in [0.25, 0.3) is 0 Å². The molecule has 1 aromatic heterocycles. The molecule has 96 valence electrons. The van der Waals surface area contributed by atoms with Crippen molar-refractivity contribution in [3.8, 4) is 11.6 Å². The van der Waals surface area contributed by atoms with Crippen molar-refractivity contribution >= 4 is 0 Å². The van der Waals surface area contributed by atoms with Crippen LogP contribution in [0.5, 0.6) is 11.6 Å².